The molecule has 33 heavy (non-hydrogen) atoms. The van der Waals surface area contributed by atoms with Gasteiger partial charge in [0.15, 0.2) is 0 Å². The molecule has 0 radical (unpaired) electrons. The first-order chi connectivity index (χ1) is 16.0. The lowest BCUT2D eigenvalue weighted by Crippen LogP contribution is -2.29. The second-order valence-corrected chi connectivity index (χ2v) is 7.98. The second-order valence-electron chi connectivity index (χ2n) is 6.46. The van der Waals surface area contributed by atoms with Crippen LogP contribution in [0.2, 0.25) is 0 Å². The number of nitrogens with one attached hydrogen (secondary N) is 1. The van der Waals surface area contributed by atoms with Gasteiger partial charge in [-0.25, -0.2) is 0 Å². The van der Waals surface area contributed by atoms with Crippen LogP contribution in [0.5, 0.6) is 0 Å². The highest BCUT2D eigenvalue weighted by atomic mass is 31.2. The van der Waals surface area contributed by atoms with E-state index in [0.29, 0.717) is 65.9 Å². The van der Waals surface area contributed by atoms with Gasteiger partial charge in [0, 0.05) is 35.3 Å². The zero-order valence-corrected chi connectivity index (χ0v) is 20.8. The minimum Gasteiger partial charge on any atom is -0.379 e. The highest BCUT2D eigenvalue weighted by Crippen LogP contribution is 2.48. The molecule has 2 atom stereocenters. The Balaban J connectivity index is 3.39. The fraction of sp³-hybridized carbons (Fsp3) is 0.889. The standard InChI is InChI=1S/C18H36N2O11P2/c21-6-2-7-26-9-11-28-13-15-30-16-14-29-12-10-27-8-3-17(22)19-5-1-4-18(20-23,31-32)33(24)25/h6,24-25H,1-5,7-16,32H2,(H,19,22). The van der Waals surface area contributed by atoms with Gasteiger partial charge in [-0.05, 0) is 11.6 Å². The van der Waals surface area contributed by atoms with Crippen molar-refractivity contribution in [2.45, 2.75) is 31.1 Å². The summed E-state index contributed by atoms with van der Waals surface area (Å²) in [6.07, 6.45) is 1.61. The number of hydrogen-bond acceptors (Lipinski definition) is 12. The molecule has 0 saturated heterocycles. The van der Waals surface area contributed by atoms with E-state index in [-0.39, 0.29) is 38.3 Å². The molecule has 0 aromatic carbocycles. The quantitative estimate of drug-likeness (QED) is 0.0664. The van der Waals surface area contributed by atoms with Crippen LogP contribution < -0.4 is 5.32 Å². The average Bonchev–Trinajstić information content (AvgIpc) is 2.81. The number of hydrogen-bond donors (Lipinski definition) is 3. The van der Waals surface area contributed by atoms with E-state index < -0.39 is 13.8 Å². The molecular formula is C18H36N2O11P2. The van der Waals surface area contributed by atoms with E-state index in [4.69, 9.17) is 28.2 Å². The predicted molar refractivity (Wildman–Crippen MR) is 122 cm³/mol. The van der Waals surface area contributed by atoms with Gasteiger partial charge in [0.2, 0.25) is 14.3 Å². The SMILES string of the molecule is O=CCCOCCOCCOCCOCCOCCC(=O)NCCCC(N=O)(OP)P(O)O. The van der Waals surface area contributed by atoms with Crippen LogP contribution in [0.15, 0.2) is 5.18 Å². The zero-order valence-electron chi connectivity index (χ0n) is 18.7. The van der Waals surface area contributed by atoms with Crippen molar-refractivity contribution in [3.63, 3.8) is 0 Å². The summed E-state index contributed by atoms with van der Waals surface area (Å²) in [6.45, 7) is 4.24. The van der Waals surface area contributed by atoms with Crippen molar-refractivity contribution in [3.05, 3.63) is 4.91 Å². The van der Waals surface area contributed by atoms with Gasteiger partial charge in [-0.1, -0.05) is 0 Å². The second kappa shape index (κ2) is 23.0. The fourth-order valence-corrected chi connectivity index (χ4v) is 3.19. The van der Waals surface area contributed by atoms with E-state index >= 15 is 0 Å². The lowest BCUT2D eigenvalue weighted by molar-refractivity contribution is -0.122. The van der Waals surface area contributed by atoms with E-state index in [2.05, 4.69) is 10.5 Å². The summed E-state index contributed by atoms with van der Waals surface area (Å²) < 4.78 is 31.2. The molecule has 0 aromatic heterocycles. The first-order valence-corrected chi connectivity index (χ1v) is 12.2. The Kier molecular flexibility index (Phi) is 22.5. The minimum atomic E-state index is -2.70. The number of carbonyl (C=O) groups is 2. The molecule has 1 amide bonds. The van der Waals surface area contributed by atoms with E-state index in [9.17, 15) is 24.3 Å². The average molecular weight is 518 g/mol. The number of ether oxygens (including phenoxy) is 5. The van der Waals surface area contributed by atoms with Crippen LogP contribution in [0.25, 0.3) is 0 Å². The molecule has 0 aliphatic rings. The fourth-order valence-electron chi connectivity index (χ4n) is 2.22. The summed E-state index contributed by atoms with van der Waals surface area (Å²) in [7, 11) is -0.906. The number of carbonyl (C=O) groups excluding carboxylic acids is 2. The summed E-state index contributed by atoms with van der Waals surface area (Å²) >= 11 is 0. The molecule has 0 fully saturated rings. The Morgan fingerprint density at radius 3 is 1.82 bits per heavy atom. The highest BCUT2D eigenvalue weighted by Gasteiger charge is 2.40. The largest absolute Gasteiger partial charge is 0.379 e. The monoisotopic (exact) mass is 518 g/mol. The minimum absolute atomic E-state index is 0.0397. The molecule has 0 bridgehead atoms. The number of amides is 1. The summed E-state index contributed by atoms with van der Waals surface area (Å²) in [5.74, 6) is -0.231. The summed E-state index contributed by atoms with van der Waals surface area (Å²) in [5.41, 5.74) is -1.90. The van der Waals surface area contributed by atoms with Gasteiger partial charge in [-0.2, -0.15) is 0 Å². The van der Waals surface area contributed by atoms with Crippen LogP contribution >= 0.6 is 17.8 Å². The van der Waals surface area contributed by atoms with Gasteiger partial charge >= 0.3 is 0 Å². The van der Waals surface area contributed by atoms with Crippen LogP contribution in [-0.2, 0) is 37.8 Å². The lowest BCUT2D eigenvalue weighted by atomic mass is 10.2. The molecule has 194 valence electrons. The van der Waals surface area contributed by atoms with Gasteiger partial charge in [0.05, 0.1) is 66.1 Å². The van der Waals surface area contributed by atoms with E-state index in [0.717, 1.165) is 6.29 Å². The van der Waals surface area contributed by atoms with Gasteiger partial charge in [0.1, 0.15) is 6.29 Å². The van der Waals surface area contributed by atoms with Crippen molar-refractivity contribution in [2.75, 3.05) is 72.6 Å². The molecule has 3 N–H and O–H groups in total. The molecule has 0 spiro atoms. The van der Waals surface area contributed by atoms with Gasteiger partial charge in [-0.3, -0.25) is 4.79 Å². The maximum atomic E-state index is 11.7. The smallest absolute Gasteiger partial charge is 0.272 e. The molecule has 0 rings (SSSR count). The van der Waals surface area contributed by atoms with Crippen molar-refractivity contribution >= 4 is 30.0 Å². The topological polar surface area (TPSA) is 171 Å². The third kappa shape index (κ3) is 18.3. The molecule has 13 nitrogen and oxygen atoms in total. The molecule has 0 aliphatic heterocycles. The van der Waals surface area contributed by atoms with Crippen molar-refractivity contribution in [3.8, 4) is 0 Å². The highest BCUT2D eigenvalue weighted by molar-refractivity contribution is 7.47. The maximum absolute atomic E-state index is 11.7. The first-order valence-electron chi connectivity index (χ1n) is 10.5. The first kappa shape index (κ1) is 32.3. The summed E-state index contributed by atoms with van der Waals surface area (Å²) in [5, 5.41) is 5.28. The van der Waals surface area contributed by atoms with Crippen LogP contribution in [0.1, 0.15) is 25.7 Å². The lowest BCUT2D eigenvalue weighted by Gasteiger charge is -2.24. The molecule has 0 aliphatic carbocycles. The number of rotatable bonds is 25. The van der Waals surface area contributed by atoms with E-state index in [1.54, 1.807) is 9.47 Å². The Labute approximate surface area is 197 Å². The molecule has 15 heteroatoms. The molecule has 0 aromatic rings. The number of aldehydes is 1. The zero-order chi connectivity index (χ0) is 24.6. The molecule has 0 saturated carbocycles. The van der Waals surface area contributed by atoms with E-state index in [1.165, 1.54) is 0 Å². The van der Waals surface area contributed by atoms with Crippen molar-refractivity contribution in [1.29, 1.82) is 0 Å². The Bertz CT molecular complexity index is 506. The molecule has 2 unspecified atom stereocenters. The number of nitrogens with zero attached hydrogens (tertiary/aromatic N) is 1. The summed E-state index contributed by atoms with van der Waals surface area (Å²) in [6, 6.07) is 0. The summed E-state index contributed by atoms with van der Waals surface area (Å²) in [4.78, 5) is 51.1. The Morgan fingerprint density at radius 2 is 1.39 bits per heavy atom. The third-order valence-corrected chi connectivity index (χ3v) is 5.61. The van der Waals surface area contributed by atoms with Gasteiger partial charge in [-0.15, -0.1) is 4.91 Å². The van der Waals surface area contributed by atoms with Crippen LogP contribution in [0, 0.1) is 4.91 Å². The Hall–Kier alpha value is -0.720. The Morgan fingerprint density at radius 1 is 0.909 bits per heavy atom. The van der Waals surface area contributed by atoms with Gasteiger partial charge < -0.3 is 48.1 Å². The normalized spacial score (nSPS) is 13.1. The van der Waals surface area contributed by atoms with E-state index in [1.807, 2.05) is 0 Å². The van der Waals surface area contributed by atoms with Crippen molar-refractivity contribution < 1.29 is 47.6 Å². The number of nitroso groups, excluding NO2 is 1. The maximum Gasteiger partial charge on any atom is 0.272 e. The van der Waals surface area contributed by atoms with Crippen LogP contribution in [-0.4, -0.2) is 100 Å². The van der Waals surface area contributed by atoms with Crippen molar-refractivity contribution in [1.82, 2.24) is 5.32 Å². The van der Waals surface area contributed by atoms with Gasteiger partial charge in [0.25, 0.3) is 5.47 Å². The molecule has 0 heterocycles. The van der Waals surface area contributed by atoms with Crippen LogP contribution in [0.3, 0.4) is 0 Å². The molecular weight excluding hydrogens is 482 g/mol. The third-order valence-electron chi connectivity index (χ3n) is 3.99. The van der Waals surface area contributed by atoms with Crippen molar-refractivity contribution in [2.24, 2.45) is 5.18 Å². The predicted octanol–water partition coefficient (Wildman–Crippen LogP) is 0.468. The van der Waals surface area contributed by atoms with Crippen LogP contribution in [0.4, 0.5) is 0 Å².